The molecule has 3 aromatic rings. The highest BCUT2D eigenvalue weighted by molar-refractivity contribution is 5.95. The van der Waals surface area contributed by atoms with Crippen LogP contribution in [0, 0.1) is 0 Å². The van der Waals surface area contributed by atoms with Crippen molar-refractivity contribution in [2.75, 3.05) is 13.7 Å². The molecule has 0 bridgehead atoms. The summed E-state index contributed by atoms with van der Waals surface area (Å²) in [5, 5.41) is 4.18. The Labute approximate surface area is 140 Å². The number of hydrogen-bond acceptors (Lipinski definition) is 3. The van der Waals surface area contributed by atoms with Gasteiger partial charge in [-0.15, -0.1) is 0 Å². The highest BCUT2D eigenvalue weighted by Crippen LogP contribution is 2.34. The molecule has 0 spiro atoms. The summed E-state index contributed by atoms with van der Waals surface area (Å²) < 4.78 is 7.09. The summed E-state index contributed by atoms with van der Waals surface area (Å²) in [6.45, 7) is 0.783. The third-order valence-corrected chi connectivity index (χ3v) is 4.64. The molecule has 5 nitrogen and oxygen atoms in total. The molecule has 1 aliphatic heterocycles. The molecule has 0 N–H and O–H groups in total. The van der Waals surface area contributed by atoms with E-state index in [4.69, 9.17) is 4.74 Å². The van der Waals surface area contributed by atoms with Crippen molar-refractivity contribution in [3.05, 3.63) is 66.0 Å². The van der Waals surface area contributed by atoms with E-state index in [1.54, 1.807) is 17.8 Å². The van der Waals surface area contributed by atoms with Crippen LogP contribution in [0.15, 0.2) is 54.9 Å². The van der Waals surface area contributed by atoms with E-state index in [0.29, 0.717) is 5.56 Å². The lowest BCUT2D eigenvalue weighted by Gasteiger charge is -2.25. The molecule has 3 heterocycles. The van der Waals surface area contributed by atoms with Crippen molar-refractivity contribution < 1.29 is 9.53 Å². The molecule has 0 radical (unpaired) electrons. The van der Waals surface area contributed by atoms with Gasteiger partial charge in [0.25, 0.3) is 5.91 Å². The van der Waals surface area contributed by atoms with Gasteiger partial charge in [0.1, 0.15) is 5.75 Å². The van der Waals surface area contributed by atoms with Crippen molar-refractivity contribution in [1.82, 2.24) is 14.5 Å². The summed E-state index contributed by atoms with van der Waals surface area (Å²) in [4.78, 5) is 15.0. The van der Waals surface area contributed by atoms with Crippen molar-refractivity contribution in [3.63, 3.8) is 0 Å². The molecular weight excluding hydrogens is 302 g/mol. The second-order valence-electron chi connectivity index (χ2n) is 6.05. The van der Waals surface area contributed by atoms with Gasteiger partial charge in [0.05, 0.1) is 18.7 Å². The first-order valence-corrected chi connectivity index (χ1v) is 8.14. The molecule has 1 aliphatic rings. The summed E-state index contributed by atoms with van der Waals surface area (Å²) >= 11 is 0. The molecule has 24 heavy (non-hydrogen) atoms. The van der Waals surface area contributed by atoms with Crippen LogP contribution in [-0.2, 0) is 0 Å². The van der Waals surface area contributed by atoms with E-state index in [1.165, 1.54) is 0 Å². The smallest absolute Gasteiger partial charge is 0.254 e. The van der Waals surface area contributed by atoms with Crippen molar-refractivity contribution in [3.8, 4) is 5.75 Å². The van der Waals surface area contributed by atoms with Crippen LogP contribution in [0.2, 0.25) is 0 Å². The number of hydrogen-bond donors (Lipinski definition) is 0. The molecular formula is C19H19N3O2. The largest absolute Gasteiger partial charge is 0.497 e. The average Bonchev–Trinajstić information content (AvgIpc) is 3.29. The van der Waals surface area contributed by atoms with Crippen molar-refractivity contribution in [2.45, 2.75) is 18.9 Å². The van der Waals surface area contributed by atoms with Crippen LogP contribution in [0.1, 0.15) is 34.8 Å². The van der Waals surface area contributed by atoms with E-state index in [1.807, 2.05) is 47.5 Å². The number of rotatable bonds is 3. The minimum Gasteiger partial charge on any atom is -0.497 e. The van der Waals surface area contributed by atoms with Gasteiger partial charge in [-0.25, -0.2) is 4.52 Å². The van der Waals surface area contributed by atoms with Gasteiger partial charge in [-0.1, -0.05) is 12.1 Å². The maximum Gasteiger partial charge on any atom is 0.254 e. The number of methoxy groups -OCH3 is 1. The number of ether oxygens (including phenoxy) is 1. The van der Waals surface area contributed by atoms with Crippen LogP contribution in [-0.4, -0.2) is 34.1 Å². The highest BCUT2D eigenvalue weighted by Gasteiger charge is 2.30. The molecule has 1 amide bonds. The SMILES string of the molecule is COc1cccc(C2CCCN2C(=O)c2ccn3nccc3c2)c1. The molecule has 1 fully saturated rings. The van der Waals surface area contributed by atoms with E-state index in [0.717, 1.165) is 36.2 Å². The number of carbonyl (C=O) groups is 1. The number of aromatic nitrogens is 2. The number of nitrogens with zero attached hydrogens (tertiary/aromatic N) is 3. The molecule has 122 valence electrons. The van der Waals surface area contributed by atoms with Crippen LogP contribution in [0.4, 0.5) is 0 Å². The zero-order valence-electron chi connectivity index (χ0n) is 13.6. The maximum absolute atomic E-state index is 13.0. The van der Waals surface area contributed by atoms with Crippen LogP contribution < -0.4 is 4.74 Å². The molecule has 1 aromatic carbocycles. The number of fused-ring (bicyclic) bond motifs is 1. The van der Waals surface area contributed by atoms with Crippen LogP contribution in [0.5, 0.6) is 5.75 Å². The molecule has 0 saturated carbocycles. The minimum atomic E-state index is 0.0732. The fourth-order valence-electron chi connectivity index (χ4n) is 3.43. The Bertz CT molecular complexity index is 887. The molecule has 1 unspecified atom stereocenters. The predicted octanol–water partition coefficient (Wildman–Crippen LogP) is 3.32. The van der Waals surface area contributed by atoms with Gasteiger partial charge >= 0.3 is 0 Å². The summed E-state index contributed by atoms with van der Waals surface area (Å²) in [6.07, 6.45) is 5.56. The fraction of sp³-hybridized carbons (Fsp3) is 0.263. The van der Waals surface area contributed by atoms with Gasteiger partial charge < -0.3 is 9.64 Å². The Kier molecular flexibility index (Phi) is 3.69. The summed E-state index contributed by atoms with van der Waals surface area (Å²) in [6, 6.07) is 13.7. The number of benzene rings is 1. The van der Waals surface area contributed by atoms with Crippen molar-refractivity contribution >= 4 is 11.4 Å². The van der Waals surface area contributed by atoms with E-state index in [2.05, 4.69) is 11.2 Å². The Morgan fingerprint density at radius 1 is 1.25 bits per heavy atom. The lowest BCUT2D eigenvalue weighted by molar-refractivity contribution is 0.0735. The minimum absolute atomic E-state index is 0.0732. The number of pyridine rings is 1. The summed E-state index contributed by atoms with van der Waals surface area (Å²) in [5.74, 6) is 0.900. The zero-order chi connectivity index (χ0) is 16.5. The molecule has 1 saturated heterocycles. The lowest BCUT2D eigenvalue weighted by Crippen LogP contribution is -2.30. The van der Waals surface area contributed by atoms with Gasteiger partial charge in [0.15, 0.2) is 0 Å². The third-order valence-electron chi connectivity index (χ3n) is 4.64. The molecule has 4 rings (SSSR count). The first-order chi connectivity index (χ1) is 11.8. The highest BCUT2D eigenvalue weighted by atomic mass is 16.5. The molecule has 0 aliphatic carbocycles. The lowest BCUT2D eigenvalue weighted by atomic mass is 10.0. The van der Waals surface area contributed by atoms with Crippen molar-refractivity contribution in [2.24, 2.45) is 0 Å². The van der Waals surface area contributed by atoms with Gasteiger partial charge in [-0.2, -0.15) is 5.10 Å². The number of carbonyl (C=O) groups excluding carboxylic acids is 1. The molecule has 2 aromatic heterocycles. The van der Waals surface area contributed by atoms with E-state index in [9.17, 15) is 4.79 Å². The first-order valence-electron chi connectivity index (χ1n) is 8.14. The van der Waals surface area contributed by atoms with Crippen LogP contribution >= 0.6 is 0 Å². The monoisotopic (exact) mass is 321 g/mol. The van der Waals surface area contributed by atoms with Gasteiger partial charge in [-0.3, -0.25) is 4.79 Å². The normalized spacial score (nSPS) is 17.4. The van der Waals surface area contributed by atoms with Gasteiger partial charge in [0, 0.05) is 24.5 Å². The Balaban J connectivity index is 1.64. The number of amides is 1. The Morgan fingerprint density at radius 2 is 2.17 bits per heavy atom. The Morgan fingerprint density at radius 3 is 3.04 bits per heavy atom. The van der Waals surface area contributed by atoms with E-state index < -0.39 is 0 Å². The summed E-state index contributed by atoms with van der Waals surface area (Å²) in [7, 11) is 1.66. The molecule has 1 atom stereocenters. The standard InChI is InChI=1S/C19H19N3O2/c1-24-17-5-2-4-14(13-17)18-6-3-10-21(18)19(23)15-8-11-22-16(12-15)7-9-20-22/h2,4-5,7-9,11-13,18H,3,6,10H2,1H3. The average molecular weight is 321 g/mol. The second kappa shape index (κ2) is 6.00. The van der Waals surface area contributed by atoms with Crippen molar-refractivity contribution in [1.29, 1.82) is 0 Å². The van der Waals surface area contributed by atoms with E-state index >= 15 is 0 Å². The predicted molar refractivity (Wildman–Crippen MR) is 91.2 cm³/mol. The van der Waals surface area contributed by atoms with Gasteiger partial charge in [0.2, 0.25) is 0 Å². The topological polar surface area (TPSA) is 46.8 Å². The van der Waals surface area contributed by atoms with Gasteiger partial charge in [-0.05, 0) is 48.7 Å². The summed E-state index contributed by atoms with van der Waals surface area (Å²) in [5.41, 5.74) is 2.77. The van der Waals surface area contributed by atoms with E-state index in [-0.39, 0.29) is 11.9 Å². The first kappa shape index (κ1) is 14.8. The zero-order valence-corrected chi connectivity index (χ0v) is 13.6. The fourth-order valence-corrected chi connectivity index (χ4v) is 3.43. The second-order valence-corrected chi connectivity index (χ2v) is 6.05. The molecule has 5 heteroatoms. The number of likely N-dealkylation sites (tertiary alicyclic amines) is 1. The van der Waals surface area contributed by atoms with Crippen LogP contribution in [0.25, 0.3) is 5.52 Å². The Hall–Kier alpha value is -2.82. The van der Waals surface area contributed by atoms with Crippen LogP contribution in [0.3, 0.4) is 0 Å². The quantitative estimate of drug-likeness (QED) is 0.743. The third kappa shape index (κ3) is 2.52. The maximum atomic E-state index is 13.0.